The number of aliphatic hydroxyl groups excluding tert-OH is 10. The molecule has 11 N–H and O–H groups in total. The van der Waals surface area contributed by atoms with E-state index in [0.717, 1.165) is 6.92 Å². The quantitative estimate of drug-likeness (QED) is 0.135. The maximum Gasteiger partial charge on any atom is 0.217 e. The molecule has 3 heterocycles. The lowest BCUT2D eigenvalue weighted by Crippen LogP contribution is -2.68. The van der Waals surface area contributed by atoms with E-state index >= 15 is 0 Å². The van der Waals surface area contributed by atoms with E-state index in [2.05, 4.69) is 5.32 Å². The Morgan fingerprint density at radius 3 is 1.68 bits per heavy atom. The van der Waals surface area contributed by atoms with E-state index in [-0.39, 0.29) is 0 Å². The highest BCUT2D eigenvalue weighted by molar-refractivity contribution is 5.73. The molecule has 3 rings (SSSR count). The van der Waals surface area contributed by atoms with Crippen LogP contribution in [0.4, 0.5) is 0 Å². The highest BCUT2D eigenvalue weighted by Crippen LogP contribution is 2.32. The number of aliphatic hydroxyl groups is 10. The molecule has 0 bridgehead atoms. The third-order valence-corrected chi connectivity index (χ3v) is 6.50. The smallest absolute Gasteiger partial charge is 0.217 e. The average Bonchev–Trinajstić information content (AvgIpc) is 2.86. The van der Waals surface area contributed by atoms with Gasteiger partial charge in [-0.3, -0.25) is 4.79 Å². The highest BCUT2D eigenvalue weighted by Gasteiger charge is 2.54. The van der Waals surface area contributed by atoms with Crippen molar-refractivity contribution in [1.29, 1.82) is 0 Å². The van der Waals surface area contributed by atoms with Gasteiger partial charge in [0.25, 0.3) is 0 Å². The van der Waals surface area contributed by atoms with Crippen LogP contribution in [0.3, 0.4) is 0 Å². The number of amides is 1. The van der Waals surface area contributed by atoms with Crippen molar-refractivity contribution in [2.75, 3.05) is 19.8 Å². The van der Waals surface area contributed by atoms with Crippen molar-refractivity contribution in [2.45, 2.75) is 99.0 Å². The summed E-state index contributed by atoms with van der Waals surface area (Å²) in [6.07, 6.45) is -23.7. The zero-order valence-corrected chi connectivity index (χ0v) is 19.7. The number of nitrogens with one attached hydrogen (secondary N) is 1. The zero-order valence-electron chi connectivity index (χ0n) is 19.7. The number of hydrogen-bond acceptors (Lipinski definition) is 16. The summed E-state index contributed by atoms with van der Waals surface area (Å²) >= 11 is 0. The van der Waals surface area contributed by atoms with Gasteiger partial charge in [-0.05, 0) is 0 Å². The Labute approximate surface area is 210 Å². The van der Waals surface area contributed by atoms with E-state index in [9.17, 15) is 55.9 Å². The summed E-state index contributed by atoms with van der Waals surface area (Å²) in [5, 5.41) is 103. The Kier molecular flexibility index (Phi) is 10.5. The summed E-state index contributed by atoms with van der Waals surface area (Å²) in [5.41, 5.74) is 0. The lowest BCUT2D eigenvalue weighted by atomic mass is 9.95. The van der Waals surface area contributed by atoms with Gasteiger partial charge in [0.2, 0.25) is 5.91 Å². The molecule has 3 fully saturated rings. The molecule has 0 aliphatic carbocycles. The van der Waals surface area contributed by atoms with Crippen molar-refractivity contribution in [1.82, 2.24) is 5.32 Å². The van der Waals surface area contributed by atoms with Crippen LogP contribution in [-0.4, -0.2) is 169 Å². The number of hydrogen-bond donors (Lipinski definition) is 11. The lowest BCUT2D eigenvalue weighted by molar-refractivity contribution is -0.381. The van der Waals surface area contributed by atoms with Crippen LogP contribution in [0.5, 0.6) is 0 Å². The maximum absolute atomic E-state index is 11.7. The molecular weight excluding hydrogens is 510 g/mol. The SMILES string of the molecule is CC(=O)N[C@@H]1[C@@H](O[C@@H]2O[C@H](CO)[C@@H](O)[C@H](O)[C@@H]2O[C@H]2O[C@H](CO)[C@@H](O)[C@H](O)[C@@H]2O)[C@@H](O)[C@@H](CO)O[C@@H]1O. The van der Waals surface area contributed by atoms with Crippen LogP contribution >= 0.6 is 0 Å². The molecule has 1 amide bonds. The highest BCUT2D eigenvalue weighted by atomic mass is 16.8. The minimum absolute atomic E-state index is 0.654. The predicted octanol–water partition coefficient (Wildman–Crippen LogP) is -7.43. The van der Waals surface area contributed by atoms with E-state index in [0.29, 0.717) is 0 Å². The van der Waals surface area contributed by atoms with Crippen molar-refractivity contribution in [3.8, 4) is 0 Å². The van der Waals surface area contributed by atoms with Crippen LogP contribution in [-0.2, 0) is 28.5 Å². The fourth-order valence-corrected chi connectivity index (χ4v) is 4.43. The van der Waals surface area contributed by atoms with Crippen LogP contribution in [0.25, 0.3) is 0 Å². The van der Waals surface area contributed by atoms with Crippen LogP contribution in [0.15, 0.2) is 0 Å². The minimum atomic E-state index is -1.90. The molecule has 3 aliphatic heterocycles. The second-order valence-corrected chi connectivity index (χ2v) is 9.07. The van der Waals surface area contributed by atoms with Gasteiger partial charge >= 0.3 is 0 Å². The molecule has 0 aromatic heterocycles. The first-order valence-electron chi connectivity index (χ1n) is 11.6. The van der Waals surface area contributed by atoms with Crippen molar-refractivity contribution in [3.63, 3.8) is 0 Å². The van der Waals surface area contributed by atoms with Gasteiger partial charge in [-0.2, -0.15) is 0 Å². The first-order chi connectivity index (χ1) is 17.4. The van der Waals surface area contributed by atoms with Gasteiger partial charge in [-0.15, -0.1) is 0 Å². The molecule has 17 heteroatoms. The third-order valence-electron chi connectivity index (χ3n) is 6.50. The third kappa shape index (κ3) is 6.38. The van der Waals surface area contributed by atoms with Crippen LogP contribution in [0.1, 0.15) is 6.92 Å². The summed E-state index contributed by atoms with van der Waals surface area (Å²) < 4.78 is 27.2. The minimum Gasteiger partial charge on any atom is -0.394 e. The maximum atomic E-state index is 11.7. The van der Waals surface area contributed by atoms with E-state index in [4.69, 9.17) is 23.7 Å². The van der Waals surface area contributed by atoms with Crippen LogP contribution < -0.4 is 5.32 Å². The number of rotatable bonds is 8. The normalized spacial score (nSPS) is 49.0. The zero-order chi connectivity index (χ0) is 27.6. The first kappa shape index (κ1) is 30.4. The van der Waals surface area contributed by atoms with Crippen molar-refractivity contribution in [3.05, 3.63) is 0 Å². The van der Waals surface area contributed by atoms with Crippen molar-refractivity contribution >= 4 is 5.91 Å². The van der Waals surface area contributed by atoms with Crippen molar-refractivity contribution in [2.24, 2.45) is 0 Å². The van der Waals surface area contributed by atoms with Crippen LogP contribution in [0.2, 0.25) is 0 Å². The monoisotopic (exact) mass is 545 g/mol. The molecule has 3 saturated heterocycles. The standard InChI is InChI=1S/C20H35NO16/c1-5(25)21-9-16(12(28)8(4-24)33-18(9)32)36-20-17(14(30)11(27)7(3-23)35-20)37-19-15(31)13(29)10(26)6(2-22)34-19/h6-20,22-24,26-32H,2-4H2,1H3,(H,21,25)/t6-,7-,8-,9-,10-,11-,12+,13+,14+,15+,16-,17+,18+,19-,20+/m1/s1. The molecular formula is C20H35NO16. The molecule has 37 heavy (non-hydrogen) atoms. The fraction of sp³-hybridized carbons (Fsp3) is 0.950. The van der Waals surface area contributed by atoms with Gasteiger partial charge in [-0.25, -0.2) is 0 Å². The summed E-state index contributed by atoms with van der Waals surface area (Å²) in [4.78, 5) is 11.7. The molecule has 15 atom stereocenters. The fourth-order valence-electron chi connectivity index (χ4n) is 4.43. The van der Waals surface area contributed by atoms with Gasteiger partial charge in [0.1, 0.15) is 73.2 Å². The molecule has 0 aromatic carbocycles. The molecule has 3 aliphatic rings. The topological polar surface area (TPSA) is 278 Å². The summed E-state index contributed by atoms with van der Waals surface area (Å²) in [7, 11) is 0. The van der Waals surface area contributed by atoms with Gasteiger partial charge in [0, 0.05) is 6.92 Å². The predicted molar refractivity (Wildman–Crippen MR) is 113 cm³/mol. The molecule has 0 aromatic rings. The Hall–Kier alpha value is -1.13. The van der Waals surface area contributed by atoms with E-state index < -0.39 is 118 Å². The molecule has 0 radical (unpaired) electrons. The summed E-state index contributed by atoms with van der Waals surface area (Å²) in [5.74, 6) is -0.654. The van der Waals surface area contributed by atoms with E-state index in [1.165, 1.54) is 0 Å². The van der Waals surface area contributed by atoms with E-state index in [1.54, 1.807) is 0 Å². The van der Waals surface area contributed by atoms with Crippen LogP contribution in [0, 0.1) is 0 Å². The Morgan fingerprint density at radius 2 is 1.14 bits per heavy atom. The van der Waals surface area contributed by atoms with E-state index in [1.807, 2.05) is 0 Å². The lowest BCUT2D eigenvalue weighted by Gasteiger charge is -2.48. The Balaban J connectivity index is 1.90. The average molecular weight is 545 g/mol. The van der Waals surface area contributed by atoms with Gasteiger partial charge in [0.15, 0.2) is 18.9 Å². The number of carbonyl (C=O) groups excluding carboxylic acids is 1. The molecule has 216 valence electrons. The number of ether oxygens (including phenoxy) is 5. The molecule has 17 nitrogen and oxygen atoms in total. The van der Waals surface area contributed by atoms with Gasteiger partial charge in [0.05, 0.1) is 19.8 Å². The van der Waals surface area contributed by atoms with Gasteiger partial charge in [-0.1, -0.05) is 0 Å². The van der Waals surface area contributed by atoms with Gasteiger partial charge < -0.3 is 80.1 Å². The Morgan fingerprint density at radius 1 is 0.649 bits per heavy atom. The summed E-state index contributed by atoms with van der Waals surface area (Å²) in [6, 6.07) is -1.43. The Bertz CT molecular complexity index is 745. The number of carbonyl (C=O) groups is 1. The molecule has 0 saturated carbocycles. The molecule has 0 unspecified atom stereocenters. The van der Waals surface area contributed by atoms with Crippen molar-refractivity contribution < 1.29 is 79.5 Å². The molecule has 0 spiro atoms. The second-order valence-electron chi connectivity index (χ2n) is 9.07. The largest absolute Gasteiger partial charge is 0.394 e. The second kappa shape index (κ2) is 12.8. The summed E-state index contributed by atoms with van der Waals surface area (Å²) in [6.45, 7) is -1.24. The first-order valence-corrected chi connectivity index (χ1v) is 11.6.